The zero-order chi connectivity index (χ0) is 18.6. The molecule has 0 saturated carbocycles. The van der Waals surface area contributed by atoms with E-state index in [0.717, 1.165) is 52.2 Å². The lowest BCUT2D eigenvalue weighted by Gasteiger charge is -2.21. The molecule has 1 saturated heterocycles. The van der Waals surface area contributed by atoms with Crippen LogP contribution in [0.15, 0.2) is 23.2 Å². The first-order valence-corrected chi connectivity index (χ1v) is 9.34. The lowest BCUT2D eigenvalue weighted by molar-refractivity contribution is 0.0203. The maximum absolute atomic E-state index is 13.4. The standard InChI is InChI=1S/C19H30FN3O3.HI/c1-2-21-19(23-13-16-4-5-18(24)17(20)12-16)22-8-3-9-26-14-15-6-10-25-11-7-15;/h4-5,12,15,24H,2-3,6-11,13-14H2,1H3,(H2,21,22,23);1H. The molecular weight excluding hydrogens is 464 g/mol. The summed E-state index contributed by atoms with van der Waals surface area (Å²) in [6.07, 6.45) is 3.07. The summed E-state index contributed by atoms with van der Waals surface area (Å²) in [6.45, 7) is 7.06. The molecule has 8 heteroatoms. The SMILES string of the molecule is CCNC(=NCc1ccc(O)c(F)c1)NCCCOCC1CCOCC1.I. The highest BCUT2D eigenvalue weighted by Gasteiger charge is 2.13. The van der Waals surface area contributed by atoms with Gasteiger partial charge in [-0.3, -0.25) is 0 Å². The van der Waals surface area contributed by atoms with Crippen LogP contribution in [0.3, 0.4) is 0 Å². The molecule has 1 heterocycles. The Bertz CT molecular complexity index is 569. The van der Waals surface area contributed by atoms with Gasteiger partial charge < -0.3 is 25.2 Å². The van der Waals surface area contributed by atoms with Crippen molar-refractivity contribution < 1.29 is 19.0 Å². The highest BCUT2D eigenvalue weighted by Crippen LogP contribution is 2.16. The van der Waals surface area contributed by atoms with Gasteiger partial charge in [-0.05, 0) is 49.8 Å². The monoisotopic (exact) mass is 495 g/mol. The Morgan fingerprint density at radius 2 is 2.11 bits per heavy atom. The Morgan fingerprint density at radius 3 is 2.81 bits per heavy atom. The molecular formula is C19H31FIN3O3. The minimum atomic E-state index is -0.627. The number of rotatable bonds is 9. The Hall–Kier alpha value is -1.13. The zero-order valence-electron chi connectivity index (χ0n) is 15.9. The van der Waals surface area contributed by atoms with E-state index in [2.05, 4.69) is 15.6 Å². The first kappa shape index (κ1) is 23.9. The third kappa shape index (κ3) is 9.57. The van der Waals surface area contributed by atoms with Crippen molar-refractivity contribution >= 4 is 29.9 Å². The van der Waals surface area contributed by atoms with Crippen molar-refractivity contribution in [3.63, 3.8) is 0 Å². The van der Waals surface area contributed by atoms with Gasteiger partial charge in [0.25, 0.3) is 0 Å². The third-order valence-corrected chi connectivity index (χ3v) is 4.23. The molecule has 0 radical (unpaired) electrons. The van der Waals surface area contributed by atoms with E-state index in [0.29, 0.717) is 30.6 Å². The van der Waals surface area contributed by atoms with Crippen LogP contribution in [-0.2, 0) is 16.0 Å². The van der Waals surface area contributed by atoms with Crippen LogP contribution < -0.4 is 10.6 Å². The Morgan fingerprint density at radius 1 is 1.33 bits per heavy atom. The number of phenolic OH excluding ortho intramolecular Hbond substituents is 1. The van der Waals surface area contributed by atoms with Crippen LogP contribution in [0.5, 0.6) is 5.75 Å². The first-order chi connectivity index (χ1) is 12.7. The summed E-state index contributed by atoms with van der Waals surface area (Å²) in [5, 5.41) is 15.6. The van der Waals surface area contributed by atoms with Crippen molar-refractivity contribution in [2.24, 2.45) is 10.9 Å². The van der Waals surface area contributed by atoms with Crippen molar-refractivity contribution in [2.45, 2.75) is 32.7 Å². The minimum absolute atomic E-state index is 0. The Labute approximate surface area is 177 Å². The third-order valence-electron chi connectivity index (χ3n) is 4.23. The number of halogens is 2. The predicted octanol–water partition coefficient (Wildman–Crippen LogP) is 3.04. The second-order valence-electron chi connectivity index (χ2n) is 6.39. The quantitative estimate of drug-likeness (QED) is 0.213. The van der Waals surface area contributed by atoms with Crippen molar-refractivity contribution in [1.82, 2.24) is 10.6 Å². The van der Waals surface area contributed by atoms with E-state index in [1.54, 1.807) is 6.07 Å². The second-order valence-corrected chi connectivity index (χ2v) is 6.39. The topological polar surface area (TPSA) is 75.1 Å². The average Bonchev–Trinajstić information content (AvgIpc) is 2.66. The van der Waals surface area contributed by atoms with E-state index in [9.17, 15) is 9.50 Å². The zero-order valence-corrected chi connectivity index (χ0v) is 18.2. The number of phenols is 1. The molecule has 27 heavy (non-hydrogen) atoms. The molecule has 1 fully saturated rings. The van der Waals surface area contributed by atoms with Gasteiger partial charge in [-0.25, -0.2) is 9.38 Å². The van der Waals surface area contributed by atoms with Gasteiger partial charge in [0.05, 0.1) is 6.54 Å². The van der Waals surface area contributed by atoms with Gasteiger partial charge in [-0.1, -0.05) is 6.07 Å². The fourth-order valence-electron chi connectivity index (χ4n) is 2.70. The van der Waals surface area contributed by atoms with Gasteiger partial charge >= 0.3 is 0 Å². The smallest absolute Gasteiger partial charge is 0.191 e. The lowest BCUT2D eigenvalue weighted by Crippen LogP contribution is -2.38. The largest absolute Gasteiger partial charge is 0.505 e. The Balaban J connectivity index is 0.00000364. The molecule has 0 aliphatic carbocycles. The number of nitrogens with zero attached hydrogens (tertiary/aromatic N) is 1. The molecule has 1 aromatic carbocycles. The lowest BCUT2D eigenvalue weighted by atomic mass is 10.0. The van der Waals surface area contributed by atoms with E-state index in [1.807, 2.05) is 6.92 Å². The van der Waals surface area contributed by atoms with Crippen LogP contribution in [0.25, 0.3) is 0 Å². The maximum Gasteiger partial charge on any atom is 0.191 e. The van der Waals surface area contributed by atoms with Crippen LogP contribution in [0.2, 0.25) is 0 Å². The molecule has 0 unspecified atom stereocenters. The van der Waals surface area contributed by atoms with Gasteiger partial charge in [0, 0.05) is 39.5 Å². The van der Waals surface area contributed by atoms with Gasteiger partial charge in [0.2, 0.25) is 0 Å². The number of nitrogens with one attached hydrogen (secondary N) is 2. The highest BCUT2D eigenvalue weighted by molar-refractivity contribution is 14.0. The number of guanidine groups is 1. The van der Waals surface area contributed by atoms with Crippen LogP contribution in [-0.4, -0.2) is 50.6 Å². The van der Waals surface area contributed by atoms with E-state index >= 15 is 0 Å². The maximum atomic E-state index is 13.4. The normalized spacial score (nSPS) is 15.3. The number of hydrogen-bond donors (Lipinski definition) is 3. The second kappa shape index (κ2) is 14.0. The van der Waals surface area contributed by atoms with Crippen LogP contribution in [0.4, 0.5) is 4.39 Å². The molecule has 6 nitrogen and oxygen atoms in total. The van der Waals surface area contributed by atoms with Gasteiger partial charge in [0.1, 0.15) is 0 Å². The summed E-state index contributed by atoms with van der Waals surface area (Å²) in [5.74, 6) is 0.340. The first-order valence-electron chi connectivity index (χ1n) is 9.34. The number of aromatic hydroxyl groups is 1. The molecule has 154 valence electrons. The fourth-order valence-corrected chi connectivity index (χ4v) is 2.70. The van der Waals surface area contributed by atoms with Gasteiger partial charge in [-0.15, -0.1) is 24.0 Å². The van der Waals surface area contributed by atoms with E-state index in [1.165, 1.54) is 12.1 Å². The summed E-state index contributed by atoms with van der Waals surface area (Å²) < 4.78 is 24.4. The summed E-state index contributed by atoms with van der Waals surface area (Å²) in [7, 11) is 0. The Kier molecular flexibility index (Phi) is 12.4. The predicted molar refractivity (Wildman–Crippen MR) is 115 cm³/mol. The van der Waals surface area contributed by atoms with Crippen LogP contribution in [0, 0.1) is 11.7 Å². The molecule has 2 rings (SSSR count). The molecule has 3 N–H and O–H groups in total. The summed E-state index contributed by atoms with van der Waals surface area (Å²) in [5.41, 5.74) is 0.706. The van der Waals surface area contributed by atoms with Crippen molar-refractivity contribution in [3.8, 4) is 5.75 Å². The number of hydrogen-bond acceptors (Lipinski definition) is 4. The van der Waals surface area contributed by atoms with Crippen LogP contribution in [0.1, 0.15) is 31.7 Å². The van der Waals surface area contributed by atoms with E-state index in [4.69, 9.17) is 9.47 Å². The summed E-state index contributed by atoms with van der Waals surface area (Å²) in [6, 6.07) is 4.30. The molecule has 1 aliphatic rings. The highest BCUT2D eigenvalue weighted by atomic mass is 127. The van der Waals surface area contributed by atoms with Crippen molar-refractivity contribution in [2.75, 3.05) is 39.5 Å². The number of benzene rings is 1. The summed E-state index contributed by atoms with van der Waals surface area (Å²) >= 11 is 0. The molecule has 0 aromatic heterocycles. The number of aliphatic imine (C=N–C) groups is 1. The molecule has 0 spiro atoms. The number of ether oxygens (including phenoxy) is 2. The molecule has 1 aromatic rings. The fraction of sp³-hybridized carbons (Fsp3) is 0.632. The average molecular weight is 495 g/mol. The van der Waals surface area contributed by atoms with E-state index < -0.39 is 5.82 Å². The molecule has 0 atom stereocenters. The molecule has 0 amide bonds. The van der Waals surface area contributed by atoms with E-state index in [-0.39, 0.29) is 29.7 Å². The summed E-state index contributed by atoms with van der Waals surface area (Å²) in [4.78, 5) is 4.44. The molecule has 1 aliphatic heterocycles. The minimum Gasteiger partial charge on any atom is -0.505 e. The van der Waals surface area contributed by atoms with Gasteiger partial charge in [-0.2, -0.15) is 0 Å². The van der Waals surface area contributed by atoms with Gasteiger partial charge in [0.15, 0.2) is 17.5 Å². The van der Waals surface area contributed by atoms with Crippen molar-refractivity contribution in [3.05, 3.63) is 29.6 Å². The van der Waals surface area contributed by atoms with Crippen LogP contribution >= 0.6 is 24.0 Å². The molecule has 0 bridgehead atoms. The van der Waals surface area contributed by atoms with Crippen molar-refractivity contribution in [1.29, 1.82) is 0 Å².